The fourth-order valence-electron chi connectivity index (χ4n) is 3.48. The van der Waals surface area contributed by atoms with Crippen LogP contribution >= 0.6 is 11.6 Å². The van der Waals surface area contributed by atoms with E-state index in [-0.39, 0.29) is 17.5 Å². The molecule has 1 aromatic heterocycles. The molecule has 4 rings (SSSR count). The van der Waals surface area contributed by atoms with Gasteiger partial charge in [0, 0.05) is 31.5 Å². The van der Waals surface area contributed by atoms with Gasteiger partial charge in [0.2, 0.25) is 5.95 Å². The van der Waals surface area contributed by atoms with Crippen LogP contribution in [0.5, 0.6) is 0 Å². The van der Waals surface area contributed by atoms with Crippen molar-refractivity contribution in [3.8, 4) is 0 Å². The van der Waals surface area contributed by atoms with Crippen LogP contribution < -0.4 is 21.7 Å². The second-order valence-corrected chi connectivity index (χ2v) is 8.01. The molecule has 0 unspecified atom stereocenters. The van der Waals surface area contributed by atoms with E-state index in [4.69, 9.17) is 17.3 Å². The second-order valence-electron chi connectivity index (χ2n) is 7.60. The van der Waals surface area contributed by atoms with Gasteiger partial charge in [-0.15, -0.1) is 0 Å². The fraction of sp³-hybridized carbons (Fsp3) is 0.217. The first-order valence-corrected chi connectivity index (χ1v) is 10.9. The van der Waals surface area contributed by atoms with Crippen molar-refractivity contribution in [1.29, 1.82) is 0 Å². The third-order valence-corrected chi connectivity index (χ3v) is 5.54. The number of benzene rings is 2. The number of urea groups is 1. The van der Waals surface area contributed by atoms with E-state index in [9.17, 15) is 9.59 Å². The van der Waals surface area contributed by atoms with Crippen molar-refractivity contribution in [3.05, 3.63) is 70.9 Å². The number of nitrogens with two attached hydrogens (primary N) is 1. The first kappa shape index (κ1) is 22.3. The molecular weight excluding hydrogens is 442 g/mol. The molecule has 1 aliphatic rings. The maximum atomic E-state index is 12.4. The number of anilines is 4. The van der Waals surface area contributed by atoms with Crippen LogP contribution in [0.25, 0.3) is 0 Å². The molecule has 3 aromatic rings. The number of hydrogen-bond donors (Lipinski definition) is 4. The lowest BCUT2D eigenvalue weighted by Gasteiger charge is -2.17. The Labute approximate surface area is 196 Å². The maximum absolute atomic E-state index is 12.4. The summed E-state index contributed by atoms with van der Waals surface area (Å²) in [6, 6.07) is 14.7. The molecule has 0 aliphatic carbocycles. The summed E-state index contributed by atoms with van der Waals surface area (Å²) in [7, 11) is 0. The Morgan fingerprint density at radius 2 is 1.85 bits per heavy atom. The smallest absolute Gasteiger partial charge is 0.321 e. The van der Waals surface area contributed by atoms with Gasteiger partial charge in [0.1, 0.15) is 5.82 Å². The van der Waals surface area contributed by atoms with Crippen LogP contribution in [0.1, 0.15) is 28.8 Å². The van der Waals surface area contributed by atoms with Crippen molar-refractivity contribution in [2.75, 3.05) is 29.0 Å². The maximum Gasteiger partial charge on any atom is 0.321 e. The summed E-state index contributed by atoms with van der Waals surface area (Å²) in [5.41, 5.74) is 7.80. The van der Waals surface area contributed by atoms with Gasteiger partial charge in [-0.25, -0.2) is 9.78 Å². The van der Waals surface area contributed by atoms with Gasteiger partial charge in [-0.3, -0.25) is 4.79 Å². The number of nitrogens with zero attached hydrogens (tertiary/aromatic N) is 3. The number of nitrogens with one attached hydrogen (secondary N) is 3. The summed E-state index contributed by atoms with van der Waals surface area (Å²) in [5.74, 6) is -0.0504. The molecular formula is C23H24ClN7O2. The highest BCUT2D eigenvalue weighted by Crippen LogP contribution is 2.28. The molecule has 0 bridgehead atoms. The SMILES string of the molecule is NC(=O)c1cnc(Nc2ccc(Cl)c(NC(=O)N3CCCC3)c2)nc1NCc1ccccc1. The minimum atomic E-state index is -0.629. The van der Waals surface area contributed by atoms with E-state index >= 15 is 0 Å². The predicted molar refractivity (Wildman–Crippen MR) is 129 cm³/mol. The Morgan fingerprint density at radius 1 is 1.09 bits per heavy atom. The summed E-state index contributed by atoms with van der Waals surface area (Å²) in [4.78, 5) is 34.6. The molecule has 0 radical (unpaired) electrons. The van der Waals surface area contributed by atoms with E-state index in [1.54, 1.807) is 23.1 Å². The van der Waals surface area contributed by atoms with Gasteiger partial charge in [0.05, 0.1) is 16.3 Å². The minimum absolute atomic E-state index is 0.180. The molecule has 33 heavy (non-hydrogen) atoms. The van der Waals surface area contributed by atoms with Crippen LogP contribution in [0.2, 0.25) is 5.02 Å². The first-order chi connectivity index (χ1) is 16.0. The van der Waals surface area contributed by atoms with E-state index in [2.05, 4.69) is 25.9 Å². The standard InChI is InChI=1S/C23H24ClN7O2/c24-18-9-8-16(12-19(18)29-23(33)31-10-4-5-11-31)28-22-27-14-17(20(25)32)21(30-22)26-13-15-6-2-1-3-7-15/h1-3,6-9,12,14H,4-5,10-11,13H2,(H2,25,32)(H,29,33)(H2,26,27,28,30). The molecule has 3 amide bonds. The summed E-state index contributed by atoms with van der Waals surface area (Å²) in [6.07, 6.45) is 3.38. The molecule has 1 saturated heterocycles. The highest BCUT2D eigenvalue weighted by Gasteiger charge is 2.19. The summed E-state index contributed by atoms with van der Waals surface area (Å²) in [5, 5.41) is 9.49. The number of halogens is 1. The molecule has 170 valence electrons. The van der Waals surface area contributed by atoms with Gasteiger partial charge in [-0.05, 0) is 36.6 Å². The van der Waals surface area contributed by atoms with Crippen molar-refractivity contribution in [3.63, 3.8) is 0 Å². The van der Waals surface area contributed by atoms with Crippen LogP contribution in [0.4, 0.5) is 27.9 Å². The van der Waals surface area contributed by atoms with Gasteiger partial charge in [-0.1, -0.05) is 41.9 Å². The molecule has 0 saturated carbocycles. The number of carbonyl (C=O) groups excluding carboxylic acids is 2. The Kier molecular flexibility index (Phi) is 6.89. The Hall–Kier alpha value is -3.85. The normalized spacial score (nSPS) is 12.9. The first-order valence-electron chi connectivity index (χ1n) is 10.6. The largest absolute Gasteiger partial charge is 0.365 e. The number of amides is 3. The van der Waals surface area contributed by atoms with E-state index in [0.29, 0.717) is 28.8 Å². The molecule has 0 atom stereocenters. The highest BCUT2D eigenvalue weighted by atomic mass is 35.5. The Bertz CT molecular complexity index is 1150. The van der Waals surface area contributed by atoms with Crippen molar-refractivity contribution in [1.82, 2.24) is 14.9 Å². The van der Waals surface area contributed by atoms with Gasteiger partial charge >= 0.3 is 6.03 Å². The average molecular weight is 466 g/mol. The summed E-state index contributed by atoms with van der Waals surface area (Å²) >= 11 is 6.28. The van der Waals surface area contributed by atoms with Crippen LogP contribution in [-0.2, 0) is 6.54 Å². The number of hydrogen-bond acceptors (Lipinski definition) is 6. The number of likely N-dealkylation sites (tertiary alicyclic amines) is 1. The second kappa shape index (κ2) is 10.2. The quantitative estimate of drug-likeness (QED) is 0.414. The van der Waals surface area contributed by atoms with Gasteiger partial charge in [-0.2, -0.15) is 4.98 Å². The van der Waals surface area contributed by atoms with Crippen molar-refractivity contribution in [2.24, 2.45) is 5.73 Å². The topological polar surface area (TPSA) is 125 Å². The molecule has 1 aliphatic heterocycles. The zero-order valence-electron chi connectivity index (χ0n) is 17.8. The molecule has 5 N–H and O–H groups in total. The molecule has 1 fully saturated rings. The van der Waals surface area contributed by atoms with Crippen LogP contribution in [0, 0.1) is 0 Å². The predicted octanol–water partition coefficient (Wildman–Crippen LogP) is 4.21. The van der Waals surface area contributed by atoms with E-state index in [1.165, 1.54) is 6.20 Å². The Morgan fingerprint density at radius 3 is 2.58 bits per heavy atom. The molecule has 2 aromatic carbocycles. The van der Waals surface area contributed by atoms with Crippen LogP contribution in [-0.4, -0.2) is 39.9 Å². The number of carbonyl (C=O) groups is 2. The van der Waals surface area contributed by atoms with Gasteiger partial charge in [0.15, 0.2) is 0 Å². The minimum Gasteiger partial charge on any atom is -0.365 e. The number of rotatable bonds is 7. The number of aromatic nitrogens is 2. The van der Waals surface area contributed by atoms with Crippen LogP contribution in [0.15, 0.2) is 54.7 Å². The number of primary amides is 1. The molecule has 0 spiro atoms. The monoisotopic (exact) mass is 465 g/mol. The average Bonchev–Trinajstić information content (AvgIpc) is 3.36. The summed E-state index contributed by atoms with van der Waals surface area (Å²) < 4.78 is 0. The van der Waals surface area contributed by atoms with Crippen LogP contribution in [0.3, 0.4) is 0 Å². The van der Waals surface area contributed by atoms with E-state index < -0.39 is 5.91 Å². The lowest BCUT2D eigenvalue weighted by Crippen LogP contribution is -2.32. The van der Waals surface area contributed by atoms with Crippen molar-refractivity contribution >= 4 is 46.7 Å². The summed E-state index contributed by atoms with van der Waals surface area (Å²) in [6.45, 7) is 1.94. The van der Waals surface area contributed by atoms with Gasteiger partial charge in [0.25, 0.3) is 5.91 Å². The zero-order valence-corrected chi connectivity index (χ0v) is 18.6. The Balaban J connectivity index is 1.50. The third-order valence-electron chi connectivity index (χ3n) is 5.21. The zero-order chi connectivity index (χ0) is 23.2. The molecule has 9 nitrogen and oxygen atoms in total. The van der Waals surface area contributed by atoms with Crippen molar-refractivity contribution in [2.45, 2.75) is 19.4 Å². The van der Waals surface area contributed by atoms with E-state index in [1.807, 2.05) is 30.3 Å². The van der Waals surface area contributed by atoms with E-state index in [0.717, 1.165) is 31.5 Å². The molecule has 2 heterocycles. The lowest BCUT2D eigenvalue weighted by atomic mass is 10.2. The fourth-order valence-corrected chi connectivity index (χ4v) is 3.65. The van der Waals surface area contributed by atoms with Gasteiger partial charge < -0.3 is 26.6 Å². The molecule has 10 heteroatoms. The lowest BCUT2D eigenvalue weighted by molar-refractivity contribution is 0.100. The van der Waals surface area contributed by atoms with Crippen molar-refractivity contribution < 1.29 is 9.59 Å². The highest BCUT2D eigenvalue weighted by molar-refractivity contribution is 6.33. The third kappa shape index (κ3) is 5.69.